The first-order valence-corrected chi connectivity index (χ1v) is 5.87. The summed E-state index contributed by atoms with van der Waals surface area (Å²) in [5.41, 5.74) is 5.26. The molecule has 1 fully saturated rings. The number of rotatable bonds is 4. The van der Waals surface area contributed by atoms with Crippen LogP contribution in [-0.4, -0.2) is 48.0 Å². The Morgan fingerprint density at radius 1 is 1.68 bits per heavy atom. The van der Waals surface area contributed by atoms with Gasteiger partial charge in [0.05, 0.1) is 5.56 Å². The van der Waals surface area contributed by atoms with Crippen molar-refractivity contribution in [3.05, 3.63) is 17.8 Å². The third kappa shape index (κ3) is 2.61. The van der Waals surface area contributed by atoms with Gasteiger partial charge in [0.15, 0.2) is 11.6 Å². The molecule has 1 saturated heterocycles. The van der Waals surface area contributed by atoms with Crippen molar-refractivity contribution in [3.8, 4) is 5.75 Å². The number of nitrogens with one attached hydrogen (secondary N) is 1. The van der Waals surface area contributed by atoms with Gasteiger partial charge in [0.2, 0.25) is 0 Å². The maximum atomic E-state index is 10.9. The van der Waals surface area contributed by atoms with Crippen LogP contribution in [0.25, 0.3) is 0 Å². The van der Waals surface area contributed by atoms with Crippen LogP contribution in [0.15, 0.2) is 12.3 Å². The van der Waals surface area contributed by atoms with Crippen molar-refractivity contribution in [1.82, 2.24) is 10.3 Å². The highest BCUT2D eigenvalue weighted by Gasteiger charge is 2.41. The number of carbonyl (C=O) groups is 1. The quantitative estimate of drug-likeness (QED) is 0.711. The van der Waals surface area contributed by atoms with Gasteiger partial charge in [-0.3, -0.25) is 0 Å². The molecule has 1 aliphatic rings. The minimum atomic E-state index is -1.07. The van der Waals surface area contributed by atoms with Crippen molar-refractivity contribution >= 4 is 11.8 Å². The Bertz CT molecular complexity index is 494. The van der Waals surface area contributed by atoms with E-state index >= 15 is 0 Å². The number of nitrogens with zero attached hydrogens (tertiary/aromatic N) is 1. The van der Waals surface area contributed by atoms with E-state index in [1.165, 1.54) is 12.3 Å². The number of nitrogen functional groups attached to an aromatic ring is 1. The van der Waals surface area contributed by atoms with Crippen LogP contribution in [0.1, 0.15) is 17.3 Å². The van der Waals surface area contributed by atoms with Gasteiger partial charge in [0, 0.05) is 32.5 Å². The summed E-state index contributed by atoms with van der Waals surface area (Å²) in [5, 5.41) is 12.1. The second-order valence-electron chi connectivity index (χ2n) is 4.67. The monoisotopic (exact) mass is 267 g/mol. The molecule has 104 valence electrons. The fraction of sp³-hybridized carbons (Fsp3) is 0.500. The largest absolute Gasteiger partial charge is 0.482 e. The molecule has 4 N–H and O–H groups in total. The van der Waals surface area contributed by atoms with Crippen molar-refractivity contribution in [1.29, 1.82) is 0 Å². The van der Waals surface area contributed by atoms with Gasteiger partial charge in [-0.25, -0.2) is 9.78 Å². The summed E-state index contributed by atoms with van der Waals surface area (Å²) in [5.74, 6) is -0.649. The Hall–Kier alpha value is -1.86. The van der Waals surface area contributed by atoms with E-state index in [0.29, 0.717) is 13.1 Å². The van der Waals surface area contributed by atoms with Gasteiger partial charge >= 0.3 is 5.97 Å². The van der Waals surface area contributed by atoms with Crippen LogP contribution >= 0.6 is 0 Å². The number of nitrogens with two attached hydrogens (primary N) is 1. The lowest BCUT2D eigenvalue weighted by molar-refractivity contribution is -0.0468. The molecule has 1 aromatic rings. The zero-order chi connectivity index (χ0) is 14.0. The minimum Gasteiger partial charge on any atom is -0.482 e. The summed E-state index contributed by atoms with van der Waals surface area (Å²) in [4.78, 5) is 14.7. The molecular formula is C12H17N3O4. The third-order valence-electron chi connectivity index (χ3n) is 3.35. The van der Waals surface area contributed by atoms with Crippen molar-refractivity contribution in [3.63, 3.8) is 0 Å². The second kappa shape index (κ2) is 5.02. The van der Waals surface area contributed by atoms with E-state index in [1.54, 1.807) is 7.11 Å². The lowest BCUT2D eigenvalue weighted by Crippen LogP contribution is -2.43. The zero-order valence-electron chi connectivity index (χ0n) is 10.8. The fourth-order valence-corrected chi connectivity index (χ4v) is 1.97. The molecule has 2 heterocycles. The van der Waals surface area contributed by atoms with Crippen molar-refractivity contribution in [2.75, 3.05) is 25.9 Å². The Kier molecular flexibility index (Phi) is 3.59. The Morgan fingerprint density at radius 2 is 2.42 bits per heavy atom. The predicted molar refractivity (Wildman–Crippen MR) is 68.3 cm³/mol. The van der Waals surface area contributed by atoms with Crippen molar-refractivity contribution in [2.45, 2.75) is 18.6 Å². The molecule has 7 nitrogen and oxygen atoms in total. The Balaban J connectivity index is 2.23. The van der Waals surface area contributed by atoms with Crippen LogP contribution in [0.4, 0.5) is 5.82 Å². The lowest BCUT2D eigenvalue weighted by Gasteiger charge is -2.29. The molecule has 1 aromatic heterocycles. The molecule has 0 aromatic carbocycles. The number of aromatic nitrogens is 1. The van der Waals surface area contributed by atoms with Gasteiger partial charge in [0.25, 0.3) is 0 Å². The average molecular weight is 267 g/mol. The summed E-state index contributed by atoms with van der Waals surface area (Å²) < 4.78 is 11.2. The van der Waals surface area contributed by atoms with E-state index in [0.717, 1.165) is 0 Å². The van der Waals surface area contributed by atoms with Crippen LogP contribution < -0.4 is 15.8 Å². The van der Waals surface area contributed by atoms with Gasteiger partial charge < -0.3 is 25.6 Å². The van der Waals surface area contributed by atoms with E-state index in [4.69, 9.17) is 20.3 Å². The number of carboxylic acids is 1. The first-order chi connectivity index (χ1) is 8.96. The first-order valence-electron chi connectivity index (χ1n) is 5.87. The normalized spacial score (nSPS) is 26.3. The van der Waals surface area contributed by atoms with Crippen LogP contribution in [0.2, 0.25) is 0 Å². The summed E-state index contributed by atoms with van der Waals surface area (Å²) in [6, 6.07) is 1.37. The third-order valence-corrected chi connectivity index (χ3v) is 3.35. The summed E-state index contributed by atoms with van der Waals surface area (Å²) in [6.07, 6.45) is 0.943. The van der Waals surface area contributed by atoms with Gasteiger partial charge in [-0.1, -0.05) is 0 Å². The molecule has 0 spiro atoms. The van der Waals surface area contributed by atoms with E-state index < -0.39 is 11.6 Å². The molecule has 1 aliphatic heterocycles. The number of methoxy groups -OCH3 is 1. The van der Waals surface area contributed by atoms with E-state index in [1.807, 2.05) is 6.92 Å². The standard InChI is InChI=1S/C12H17N3O4/c1-12(18-2)6-14-5-9(12)19-8-3-7(11(16)17)4-15-10(8)13/h3-4,9,14H,5-6H2,1-2H3,(H2,13,15)(H,16,17). The van der Waals surface area contributed by atoms with Crippen molar-refractivity contribution in [2.24, 2.45) is 0 Å². The van der Waals surface area contributed by atoms with Crippen LogP contribution in [0, 0.1) is 0 Å². The van der Waals surface area contributed by atoms with Crippen LogP contribution in [0.5, 0.6) is 5.75 Å². The predicted octanol–water partition coefficient (Wildman–Crippen LogP) is 0.118. The topological polar surface area (TPSA) is 107 Å². The summed E-state index contributed by atoms with van der Waals surface area (Å²) >= 11 is 0. The van der Waals surface area contributed by atoms with Gasteiger partial charge in [-0.05, 0) is 6.92 Å². The summed E-state index contributed by atoms with van der Waals surface area (Å²) in [7, 11) is 1.61. The molecule has 0 saturated carbocycles. The van der Waals surface area contributed by atoms with Gasteiger partial charge in [0.1, 0.15) is 11.7 Å². The van der Waals surface area contributed by atoms with E-state index in [-0.39, 0.29) is 23.2 Å². The Morgan fingerprint density at radius 3 is 3.05 bits per heavy atom. The minimum absolute atomic E-state index is 0.0364. The smallest absolute Gasteiger partial charge is 0.337 e. The van der Waals surface area contributed by atoms with E-state index in [2.05, 4.69) is 10.3 Å². The molecule has 7 heteroatoms. The number of aromatic carboxylic acids is 1. The summed E-state index contributed by atoms with van der Waals surface area (Å²) in [6.45, 7) is 3.17. The molecular weight excluding hydrogens is 250 g/mol. The van der Waals surface area contributed by atoms with Crippen LogP contribution in [-0.2, 0) is 4.74 Å². The molecule has 0 aliphatic carbocycles. The number of pyridine rings is 1. The molecule has 2 atom stereocenters. The lowest BCUT2D eigenvalue weighted by atomic mass is 10.0. The highest BCUT2D eigenvalue weighted by Crippen LogP contribution is 2.27. The fourth-order valence-electron chi connectivity index (χ4n) is 1.97. The van der Waals surface area contributed by atoms with Crippen LogP contribution in [0.3, 0.4) is 0 Å². The molecule has 19 heavy (non-hydrogen) atoms. The SMILES string of the molecule is COC1(C)CNCC1Oc1cc(C(=O)O)cnc1N. The van der Waals surface area contributed by atoms with Gasteiger partial charge in [-0.15, -0.1) is 0 Å². The van der Waals surface area contributed by atoms with Crippen molar-refractivity contribution < 1.29 is 19.4 Å². The molecule has 2 unspecified atom stereocenters. The molecule has 0 radical (unpaired) electrons. The number of carboxylic acid groups (broad SMARTS) is 1. The van der Waals surface area contributed by atoms with E-state index in [9.17, 15) is 4.79 Å². The maximum absolute atomic E-state index is 10.9. The first kappa shape index (κ1) is 13.6. The zero-order valence-corrected chi connectivity index (χ0v) is 10.8. The Labute approximate surface area is 110 Å². The number of anilines is 1. The van der Waals surface area contributed by atoms with Gasteiger partial charge in [-0.2, -0.15) is 0 Å². The maximum Gasteiger partial charge on any atom is 0.337 e. The molecule has 2 rings (SSSR count). The second-order valence-corrected chi connectivity index (χ2v) is 4.67. The molecule has 0 bridgehead atoms. The molecule has 0 amide bonds. The highest BCUT2D eigenvalue weighted by atomic mass is 16.5. The number of hydrogen-bond acceptors (Lipinski definition) is 6. The average Bonchev–Trinajstić information content (AvgIpc) is 2.74. The number of hydrogen-bond donors (Lipinski definition) is 3. The number of ether oxygens (including phenoxy) is 2. The highest BCUT2D eigenvalue weighted by molar-refractivity contribution is 5.88.